The third-order valence-electron chi connectivity index (χ3n) is 7.32. The van der Waals surface area contributed by atoms with Crippen LogP contribution in [0.15, 0.2) is 9.59 Å². The van der Waals surface area contributed by atoms with E-state index in [9.17, 15) is 9.59 Å². The molecule has 0 radical (unpaired) electrons. The highest BCUT2D eigenvalue weighted by Gasteiger charge is 2.40. The third-order valence-corrected chi connectivity index (χ3v) is 7.32. The van der Waals surface area contributed by atoms with E-state index in [1.165, 1.54) is 7.11 Å². The van der Waals surface area contributed by atoms with Gasteiger partial charge in [-0.15, -0.1) is 0 Å². The summed E-state index contributed by atoms with van der Waals surface area (Å²) >= 11 is 0. The lowest BCUT2D eigenvalue weighted by atomic mass is 9.88. The Morgan fingerprint density at radius 2 is 1.87 bits per heavy atom. The van der Waals surface area contributed by atoms with Crippen molar-refractivity contribution in [2.75, 3.05) is 25.1 Å². The number of nitrogens with zero attached hydrogens (tertiary/aromatic N) is 2. The van der Waals surface area contributed by atoms with Crippen molar-refractivity contribution in [2.24, 2.45) is 17.6 Å². The molecule has 8 heteroatoms. The van der Waals surface area contributed by atoms with Crippen molar-refractivity contribution >= 4 is 16.6 Å². The molecule has 5 rings (SSSR count). The summed E-state index contributed by atoms with van der Waals surface area (Å²) in [4.78, 5) is 29.7. The summed E-state index contributed by atoms with van der Waals surface area (Å²) in [7, 11) is 1.48. The van der Waals surface area contributed by atoms with Gasteiger partial charge in [-0.3, -0.25) is 14.3 Å². The number of halogens is 1. The molecular formula is C22H29FN4O3. The monoisotopic (exact) mass is 416 g/mol. The van der Waals surface area contributed by atoms with Crippen LogP contribution < -0.4 is 26.6 Å². The molecule has 7 nitrogen and oxygen atoms in total. The molecule has 2 heterocycles. The van der Waals surface area contributed by atoms with Crippen LogP contribution in [0.25, 0.3) is 10.9 Å². The number of aromatic nitrogens is 2. The molecule has 2 aliphatic carbocycles. The first-order chi connectivity index (χ1) is 14.4. The van der Waals surface area contributed by atoms with Crippen molar-refractivity contribution in [1.29, 1.82) is 0 Å². The largest absolute Gasteiger partial charge is 0.492 e. The van der Waals surface area contributed by atoms with E-state index < -0.39 is 17.1 Å². The zero-order chi connectivity index (χ0) is 21.2. The van der Waals surface area contributed by atoms with Crippen molar-refractivity contribution in [3.05, 3.63) is 32.2 Å². The molecule has 30 heavy (non-hydrogen) atoms. The van der Waals surface area contributed by atoms with Crippen LogP contribution in [0.2, 0.25) is 0 Å². The van der Waals surface area contributed by atoms with Gasteiger partial charge in [-0.25, -0.2) is 9.18 Å². The smallest absolute Gasteiger partial charge is 0.329 e. The Kier molecular flexibility index (Phi) is 4.65. The average molecular weight is 416 g/mol. The van der Waals surface area contributed by atoms with Crippen LogP contribution in [-0.2, 0) is 0 Å². The Balaban J connectivity index is 1.73. The normalized spacial score (nSPS) is 26.7. The molecule has 162 valence electrons. The summed E-state index contributed by atoms with van der Waals surface area (Å²) in [6.07, 6.45) is 6.12. The molecule has 1 aromatic carbocycles. The number of fused-ring (bicyclic) bond motifs is 2. The number of hydrogen-bond acceptors (Lipinski definition) is 5. The fourth-order valence-corrected chi connectivity index (χ4v) is 5.65. The number of anilines is 1. The van der Waals surface area contributed by atoms with Crippen molar-refractivity contribution in [1.82, 2.24) is 9.55 Å². The number of nitrogens with one attached hydrogen (secondary N) is 1. The molecule has 3 fully saturated rings. The SMILES string of the molecule is COc1c(N2CC3CCCCC(N)C3C2)c(F)c(C)c2c(=O)[nH]c(=O)n(C3CC3)c12. The van der Waals surface area contributed by atoms with E-state index in [0.717, 1.165) is 38.5 Å². The van der Waals surface area contributed by atoms with Gasteiger partial charge in [0.2, 0.25) is 0 Å². The van der Waals surface area contributed by atoms with Crippen LogP contribution in [0.1, 0.15) is 50.1 Å². The first kappa shape index (κ1) is 19.6. The number of rotatable bonds is 3. The highest BCUT2D eigenvalue weighted by molar-refractivity contribution is 5.93. The van der Waals surface area contributed by atoms with Gasteiger partial charge in [-0.2, -0.15) is 0 Å². The van der Waals surface area contributed by atoms with Gasteiger partial charge in [0.15, 0.2) is 11.6 Å². The highest BCUT2D eigenvalue weighted by atomic mass is 19.1. The first-order valence-electron chi connectivity index (χ1n) is 11.0. The fourth-order valence-electron chi connectivity index (χ4n) is 5.65. The number of hydrogen-bond donors (Lipinski definition) is 2. The molecule has 3 aliphatic rings. The van der Waals surface area contributed by atoms with Crippen molar-refractivity contribution in [3.8, 4) is 5.75 Å². The van der Waals surface area contributed by atoms with Crippen LogP contribution in [-0.4, -0.2) is 35.8 Å². The molecule has 0 bridgehead atoms. The van der Waals surface area contributed by atoms with Crippen LogP contribution in [0.3, 0.4) is 0 Å². The van der Waals surface area contributed by atoms with Gasteiger partial charge < -0.3 is 15.4 Å². The van der Waals surface area contributed by atoms with Gasteiger partial charge in [-0.1, -0.05) is 12.8 Å². The molecule has 1 aliphatic heterocycles. The van der Waals surface area contributed by atoms with Gasteiger partial charge in [0, 0.05) is 30.7 Å². The van der Waals surface area contributed by atoms with Crippen LogP contribution >= 0.6 is 0 Å². The molecule has 0 amide bonds. The summed E-state index contributed by atoms with van der Waals surface area (Å²) < 4.78 is 23.0. The minimum Gasteiger partial charge on any atom is -0.492 e. The third kappa shape index (κ3) is 2.87. The van der Waals surface area contributed by atoms with Gasteiger partial charge in [0.05, 0.1) is 12.5 Å². The summed E-state index contributed by atoms with van der Waals surface area (Å²) in [6, 6.07) is 0.132. The maximum Gasteiger partial charge on any atom is 0.329 e. The summed E-state index contributed by atoms with van der Waals surface area (Å²) in [5.41, 5.74) is 6.47. The van der Waals surface area contributed by atoms with Crippen LogP contribution in [0, 0.1) is 24.6 Å². The lowest BCUT2D eigenvalue weighted by molar-refractivity contribution is 0.354. The van der Waals surface area contributed by atoms with Gasteiger partial charge in [0.1, 0.15) is 11.2 Å². The number of H-pyrrole nitrogens is 1. The van der Waals surface area contributed by atoms with E-state index in [2.05, 4.69) is 4.98 Å². The standard InChI is InChI=1S/C22H29FN4O3/c1-11-16-18(27(13-7-8-13)22(29)25-21(16)28)20(30-2)19(17(11)23)26-9-12-5-3-4-6-15(24)14(12)10-26/h12-15H,3-10,24H2,1-2H3,(H,25,28,29). The minimum absolute atomic E-state index is 0.0153. The first-order valence-corrected chi connectivity index (χ1v) is 11.0. The molecule has 3 N–H and O–H groups in total. The van der Waals surface area contributed by atoms with Crippen molar-refractivity contribution in [2.45, 2.75) is 57.5 Å². The molecule has 1 saturated heterocycles. The molecule has 3 unspecified atom stereocenters. The second-order valence-electron chi connectivity index (χ2n) is 9.18. The predicted octanol–water partition coefficient (Wildman–Crippen LogP) is 2.43. The van der Waals surface area contributed by atoms with E-state index in [-0.39, 0.29) is 28.8 Å². The molecule has 0 spiro atoms. The lowest BCUT2D eigenvalue weighted by Crippen LogP contribution is -2.34. The minimum atomic E-state index is -0.568. The molecule has 1 aromatic heterocycles. The van der Waals surface area contributed by atoms with Crippen molar-refractivity contribution in [3.63, 3.8) is 0 Å². The Labute approximate surface area is 174 Å². The molecule has 2 saturated carbocycles. The van der Waals surface area contributed by atoms with E-state index in [1.807, 2.05) is 4.90 Å². The maximum absolute atomic E-state index is 15.7. The van der Waals surface area contributed by atoms with Crippen molar-refractivity contribution < 1.29 is 9.13 Å². The summed E-state index contributed by atoms with van der Waals surface area (Å²) in [6.45, 7) is 2.99. The van der Waals surface area contributed by atoms with Crippen LogP contribution in [0.5, 0.6) is 5.75 Å². The Bertz CT molecular complexity index is 1120. The number of benzene rings is 1. The number of aromatic amines is 1. The van der Waals surface area contributed by atoms with E-state index in [4.69, 9.17) is 10.5 Å². The number of ether oxygens (including phenoxy) is 1. The molecular weight excluding hydrogens is 387 g/mol. The lowest BCUT2D eigenvalue weighted by Gasteiger charge is -2.26. The second kappa shape index (κ2) is 7.11. The Morgan fingerprint density at radius 3 is 2.57 bits per heavy atom. The molecule has 2 aromatic rings. The zero-order valence-corrected chi connectivity index (χ0v) is 17.5. The van der Waals surface area contributed by atoms with Gasteiger partial charge in [0.25, 0.3) is 5.56 Å². The zero-order valence-electron chi connectivity index (χ0n) is 17.5. The predicted molar refractivity (Wildman–Crippen MR) is 114 cm³/mol. The molecule has 3 atom stereocenters. The fraction of sp³-hybridized carbons (Fsp3) is 0.636. The van der Waals surface area contributed by atoms with E-state index in [1.54, 1.807) is 11.5 Å². The average Bonchev–Trinajstić information content (AvgIpc) is 3.48. The number of aryl methyl sites for hydroxylation is 1. The summed E-state index contributed by atoms with van der Waals surface area (Å²) in [5, 5.41) is 0.199. The Hall–Kier alpha value is -2.35. The number of nitrogens with two attached hydrogens (primary N) is 1. The van der Waals surface area contributed by atoms with Crippen LogP contribution in [0.4, 0.5) is 10.1 Å². The quantitative estimate of drug-likeness (QED) is 0.802. The number of methoxy groups -OCH3 is 1. The second-order valence-corrected chi connectivity index (χ2v) is 9.18. The highest BCUT2D eigenvalue weighted by Crippen LogP contribution is 2.46. The summed E-state index contributed by atoms with van der Waals surface area (Å²) in [5.74, 6) is 0.578. The van der Waals surface area contributed by atoms with E-state index in [0.29, 0.717) is 36.1 Å². The van der Waals surface area contributed by atoms with Gasteiger partial charge >= 0.3 is 5.69 Å². The Morgan fingerprint density at radius 1 is 1.13 bits per heavy atom. The maximum atomic E-state index is 15.7. The van der Waals surface area contributed by atoms with E-state index >= 15 is 4.39 Å². The van der Waals surface area contributed by atoms with Gasteiger partial charge in [-0.05, 0) is 44.4 Å². The topological polar surface area (TPSA) is 93.3 Å².